The van der Waals surface area contributed by atoms with Crippen molar-refractivity contribution in [2.75, 3.05) is 5.73 Å². The number of rotatable bonds is 1. The van der Waals surface area contributed by atoms with Crippen LogP contribution < -0.4 is 5.73 Å². The van der Waals surface area contributed by atoms with Gasteiger partial charge >= 0.3 is 12.1 Å². The Labute approximate surface area is 92.8 Å². The number of nitrogen functional groups attached to an aromatic ring is 1. The van der Waals surface area contributed by atoms with Crippen molar-refractivity contribution in [2.45, 2.75) is 13.1 Å². The van der Waals surface area contributed by atoms with E-state index in [2.05, 4.69) is 4.98 Å². The van der Waals surface area contributed by atoms with Gasteiger partial charge in [0.25, 0.3) is 0 Å². The molecule has 0 unspecified atom stereocenters. The largest absolute Gasteiger partial charge is 0.478 e. The highest BCUT2D eigenvalue weighted by Crippen LogP contribution is 2.39. The Bertz CT molecular complexity index is 460. The van der Waals surface area contributed by atoms with Gasteiger partial charge in [-0.2, -0.15) is 13.2 Å². The Hall–Kier alpha value is -1.50. The van der Waals surface area contributed by atoms with E-state index in [1.165, 1.54) is 6.92 Å². The average molecular weight is 255 g/mol. The van der Waals surface area contributed by atoms with Crippen LogP contribution in [0, 0.1) is 6.92 Å². The van der Waals surface area contributed by atoms with Crippen LogP contribution in [-0.2, 0) is 6.18 Å². The van der Waals surface area contributed by atoms with Gasteiger partial charge in [-0.3, -0.25) is 0 Å². The van der Waals surface area contributed by atoms with E-state index in [0.717, 1.165) is 0 Å². The third kappa shape index (κ3) is 2.04. The molecule has 0 saturated carbocycles. The predicted octanol–water partition coefficient (Wildman–Crippen LogP) is 2.34. The van der Waals surface area contributed by atoms with Gasteiger partial charge in [0, 0.05) is 0 Å². The van der Waals surface area contributed by atoms with E-state index in [1.807, 2.05) is 0 Å². The number of nitrogens with zero attached hydrogens (tertiary/aromatic N) is 1. The summed E-state index contributed by atoms with van der Waals surface area (Å²) < 4.78 is 37.8. The van der Waals surface area contributed by atoms with Crippen molar-refractivity contribution in [2.24, 2.45) is 0 Å². The molecule has 1 aromatic heterocycles. The molecule has 0 spiro atoms. The quantitative estimate of drug-likeness (QED) is 0.754. The van der Waals surface area contributed by atoms with Crippen LogP contribution in [0.2, 0.25) is 5.15 Å². The molecular weight excluding hydrogens is 249 g/mol. The first-order valence-corrected chi connectivity index (χ1v) is 4.30. The number of aryl methyl sites for hydroxylation is 1. The van der Waals surface area contributed by atoms with Gasteiger partial charge in [-0.05, 0) is 6.92 Å². The lowest BCUT2D eigenvalue weighted by Crippen LogP contribution is -2.18. The monoisotopic (exact) mass is 254 g/mol. The fourth-order valence-corrected chi connectivity index (χ4v) is 1.47. The van der Waals surface area contributed by atoms with Gasteiger partial charge in [-0.1, -0.05) is 11.6 Å². The Morgan fingerprint density at radius 3 is 2.38 bits per heavy atom. The summed E-state index contributed by atoms with van der Waals surface area (Å²) in [5, 5.41) is 7.92. The number of pyridine rings is 1. The molecule has 0 aliphatic carbocycles. The number of carbonyl (C=O) groups is 1. The first kappa shape index (κ1) is 12.6. The second kappa shape index (κ2) is 3.82. The molecule has 0 amide bonds. The van der Waals surface area contributed by atoms with Crippen molar-refractivity contribution >= 4 is 23.3 Å². The standard InChI is InChI=1S/C8H6ClF3N2O2/c1-2-5(13)4(8(10,11)12)3(7(15)16)6(9)14-2/h13H2,1H3,(H,15,16). The molecule has 1 aromatic rings. The third-order valence-electron chi connectivity index (χ3n) is 1.88. The second-order valence-electron chi connectivity index (χ2n) is 2.95. The third-order valence-corrected chi connectivity index (χ3v) is 2.15. The first-order chi connectivity index (χ1) is 7.16. The van der Waals surface area contributed by atoms with Crippen LogP contribution in [0.3, 0.4) is 0 Å². The SMILES string of the molecule is Cc1nc(Cl)c(C(=O)O)c(C(F)(F)F)c1N. The molecule has 4 nitrogen and oxygen atoms in total. The number of nitrogens with two attached hydrogens (primary N) is 1. The molecule has 0 radical (unpaired) electrons. The summed E-state index contributed by atoms with van der Waals surface area (Å²) in [5.74, 6) is -1.82. The summed E-state index contributed by atoms with van der Waals surface area (Å²) in [4.78, 5) is 14.1. The van der Waals surface area contributed by atoms with Crippen molar-refractivity contribution in [1.82, 2.24) is 4.98 Å². The molecule has 1 heterocycles. The van der Waals surface area contributed by atoms with E-state index >= 15 is 0 Å². The van der Waals surface area contributed by atoms with Crippen molar-refractivity contribution in [1.29, 1.82) is 0 Å². The van der Waals surface area contributed by atoms with Gasteiger partial charge in [0.05, 0.1) is 16.9 Å². The minimum Gasteiger partial charge on any atom is -0.478 e. The maximum Gasteiger partial charge on any atom is 0.419 e. The Morgan fingerprint density at radius 1 is 1.50 bits per heavy atom. The average Bonchev–Trinajstić information content (AvgIpc) is 2.07. The number of anilines is 1. The zero-order chi connectivity index (χ0) is 12.7. The number of carboxylic acid groups (broad SMARTS) is 1. The van der Waals surface area contributed by atoms with E-state index in [1.54, 1.807) is 0 Å². The summed E-state index contributed by atoms with van der Waals surface area (Å²) in [5.41, 5.74) is 1.69. The zero-order valence-electron chi connectivity index (χ0n) is 7.89. The van der Waals surface area contributed by atoms with E-state index in [-0.39, 0.29) is 5.69 Å². The van der Waals surface area contributed by atoms with Crippen LogP contribution in [0.15, 0.2) is 0 Å². The molecule has 0 aliphatic rings. The first-order valence-electron chi connectivity index (χ1n) is 3.92. The van der Waals surface area contributed by atoms with Crippen LogP contribution >= 0.6 is 11.6 Å². The Balaban J connectivity index is 3.72. The van der Waals surface area contributed by atoms with E-state index in [9.17, 15) is 18.0 Å². The summed E-state index contributed by atoms with van der Waals surface area (Å²) in [6, 6.07) is 0. The number of aromatic carboxylic acids is 1. The van der Waals surface area contributed by atoms with Gasteiger partial charge in [-0.15, -0.1) is 0 Å². The molecular formula is C8H6ClF3N2O2. The molecule has 0 fully saturated rings. The number of carboxylic acids is 1. The van der Waals surface area contributed by atoms with Crippen LogP contribution in [0.1, 0.15) is 21.6 Å². The highest BCUT2D eigenvalue weighted by atomic mass is 35.5. The summed E-state index contributed by atoms with van der Waals surface area (Å²) in [6.45, 7) is 1.21. The zero-order valence-corrected chi connectivity index (χ0v) is 8.65. The maximum absolute atomic E-state index is 12.6. The van der Waals surface area contributed by atoms with E-state index in [4.69, 9.17) is 22.4 Å². The molecule has 16 heavy (non-hydrogen) atoms. The number of alkyl halides is 3. The van der Waals surface area contributed by atoms with Gasteiger partial charge in [-0.25, -0.2) is 9.78 Å². The predicted molar refractivity (Wildman–Crippen MR) is 50.4 cm³/mol. The van der Waals surface area contributed by atoms with Crippen molar-refractivity contribution in [3.63, 3.8) is 0 Å². The van der Waals surface area contributed by atoms with Gasteiger partial charge in [0.15, 0.2) is 0 Å². The molecule has 0 atom stereocenters. The van der Waals surface area contributed by atoms with Crippen molar-refractivity contribution in [3.8, 4) is 0 Å². The minimum absolute atomic E-state index is 0.165. The fraction of sp³-hybridized carbons (Fsp3) is 0.250. The topological polar surface area (TPSA) is 76.2 Å². The van der Waals surface area contributed by atoms with E-state index < -0.39 is 34.1 Å². The van der Waals surface area contributed by atoms with Crippen LogP contribution in [-0.4, -0.2) is 16.1 Å². The number of hydrogen-bond donors (Lipinski definition) is 2. The lowest BCUT2D eigenvalue weighted by molar-refractivity contribution is -0.137. The molecule has 0 bridgehead atoms. The van der Waals surface area contributed by atoms with Crippen molar-refractivity contribution < 1.29 is 23.1 Å². The lowest BCUT2D eigenvalue weighted by atomic mass is 10.1. The normalized spacial score (nSPS) is 11.6. The highest BCUT2D eigenvalue weighted by molar-refractivity contribution is 6.32. The molecule has 0 aromatic carbocycles. The molecule has 88 valence electrons. The second-order valence-corrected chi connectivity index (χ2v) is 3.31. The molecule has 3 N–H and O–H groups in total. The maximum atomic E-state index is 12.6. The summed E-state index contributed by atoms with van der Waals surface area (Å²) in [7, 11) is 0. The summed E-state index contributed by atoms with van der Waals surface area (Å²) >= 11 is 5.36. The van der Waals surface area contributed by atoms with E-state index in [0.29, 0.717) is 0 Å². The van der Waals surface area contributed by atoms with Gasteiger partial charge in [0.1, 0.15) is 10.7 Å². The number of halogens is 4. The van der Waals surface area contributed by atoms with Crippen molar-refractivity contribution in [3.05, 3.63) is 22.0 Å². The van der Waals surface area contributed by atoms with Gasteiger partial charge < -0.3 is 10.8 Å². The number of hydrogen-bond acceptors (Lipinski definition) is 3. The van der Waals surface area contributed by atoms with Gasteiger partial charge in [0.2, 0.25) is 0 Å². The lowest BCUT2D eigenvalue weighted by Gasteiger charge is -2.15. The van der Waals surface area contributed by atoms with Crippen LogP contribution in [0.25, 0.3) is 0 Å². The minimum atomic E-state index is -4.89. The summed E-state index contributed by atoms with van der Waals surface area (Å²) in [6.07, 6.45) is -4.89. The molecule has 1 rings (SSSR count). The Morgan fingerprint density at radius 2 is 2.00 bits per heavy atom. The highest BCUT2D eigenvalue weighted by Gasteiger charge is 2.40. The molecule has 0 saturated heterocycles. The smallest absolute Gasteiger partial charge is 0.419 e. The van der Waals surface area contributed by atoms with Crippen LogP contribution in [0.4, 0.5) is 18.9 Å². The molecule has 8 heteroatoms. The number of aromatic nitrogens is 1. The fourth-order valence-electron chi connectivity index (χ4n) is 1.17. The Kier molecular flexibility index (Phi) is 3.00. The van der Waals surface area contributed by atoms with Crippen LogP contribution in [0.5, 0.6) is 0 Å². The molecule has 0 aliphatic heterocycles.